The number of hydrogen-bond acceptors (Lipinski definition) is 3. The van der Waals surface area contributed by atoms with Gasteiger partial charge >= 0.3 is 6.09 Å². The third-order valence-electron chi connectivity index (χ3n) is 3.11. The number of rotatable bonds is 3. The molecule has 1 aliphatic heterocycles. The minimum atomic E-state index is -0.314. The Kier molecular flexibility index (Phi) is 7.30. The van der Waals surface area contributed by atoms with Gasteiger partial charge in [-0.1, -0.05) is 30.3 Å². The molecule has 0 unspecified atom stereocenters. The summed E-state index contributed by atoms with van der Waals surface area (Å²) in [7, 11) is 0. The average Bonchev–Trinajstić information content (AvgIpc) is 2.66. The van der Waals surface area contributed by atoms with E-state index in [2.05, 4.69) is 10.6 Å². The van der Waals surface area contributed by atoms with Crippen LogP contribution in [0.15, 0.2) is 30.3 Å². The summed E-state index contributed by atoms with van der Waals surface area (Å²) in [5, 5.41) is 6.24. The fraction of sp³-hybridized carbons (Fsp3) is 0.500. The van der Waals surface area contributed by atoms with E-state index < -0.39 is 0 Å². The predicted octanol–water partition coefficient (Wildman–Crippen LogP) is 2.48. The highest BCUT2D eigenvalue weighted by Crippen LogP contribution is 2.06. The van der Waals surface area contributed by atoms with E-state index in [1.165, 1.54) is 0 Å². The summed E-state index contributed by atoms with van der Waals surface area (Å²) >= 11 is 0. The van der Waals surface area contributed by atoms with Crippen LogP contribution < -0.4 is 10.6 Å². The van der Waals surface area contributed by atoms with E-state index in [9.17, 15) is 4.79 Å². The van der Waals surface area contributed by atoms with Gasteiger partial charge in [0.05, 0.1) is 0 Å². The van der Waals surface area contributed by atoms with Crippen LogP contribution in [0.1, 0.15) is 24.8 Å². The van der Waals surface area contributed by atoms with Crippen molar-refractivity contribution < 1.29 is 9.53 Å². The first-order valence-corrected chi connectivity index (χ1v) is 6.52. The van der Waals surface area contributed by atoms with Crippen molar-refractivity contribution in [1.29, 1.82) is 0 Å². The molecule has 1 aliphatic rings. The third-order valence-corrected chi connectivity index (χ3v) is 3.11. The number of nitrogens with one attached hydrogen (secondary N) is 2. The summed E-state index contributed by atoms with van der Waals surface area (Å²) in [6.07, 6.45) is 2.78. The van der Waals surface area contributed by atoms with Crippen LogP contribution in [0.3, 0.4) is 0 Å². The Labute approximate surface area is 120 Å². The second-order valence-electron chi connectivity index (χ2n) is 4.58. The Balaban J connectivity index is 0.00000180. The Morgan fingerprint density at radius 3 is 2.84 bits per heavy atom. The smallest absolute Gasteiger partial charge is 0.407 e. The molecule has 1 aromatic rings. The summed E-state index contributed by atoms with van der Waals surface area (Å²) in [5.41, 5.74) is 1.01. The fourth-order valence-electron chi connectivity index (χ4n) is 2.09. The molecule has 1 amide bonds. The number of carbonyl (C=O) groups is 1. The van der Waals surface area contributed by atoms with E-state index in [0.717, 1.165) is 37.9 Å². The molecule has 1 aromatic carbocycles. The van der Waals surface area contributed by atoms with Crippen LogP contribution in [-0.4, -0.2) is 25.2 Å². The van der Waals surface area contributed by atoms with Gasteiger partial charge in [0.15, 0.2) is 0 Å². The van der Waals surface area contributed by atoms with Crippen LogP contribution in [0.4, 0.5) is 4.79 Å². The molecule has 1 saturated heterocycles. The molecule has 0 saturated carbocycles. The van der Waals surface area contributed by atoms with E-state index in [-0.39, 0.29) is 24.5 Å². The summed E-state index contributed by atoms with van der Waals surface area (Å²) in [6.45, 7) is 2.33. The highest BCUT2D eigenvalue weighted by Gasteiger charge is 2.14. The highest BCUT2D eigenvalue weighted by molar-refractivity contribution is 5.85. The summed E-state index contributed by atoms with van der Waals surface area (Å²) < 4.78 is 5.20. The first-order chi connectivity index (χ1) is 8.84. The largest absolute Gasteiger partial charge is 0.445 e. The molecule has 2 rings (SSSR count). The first kappa shape index (κ1) is 15.8. The number of benzene rings is 1. The van der Waals surface area contributed by atoms with Crippen LogP contribution >= 0.6 is 12.4 Å². The van der Waals surface area contributed by atoms with Crippen molar-refractivity contribution in [1.82, 2.24) is 10.6 Å². The van der Waals surface area contributed by atoms with Gasteiger partial charge < -0.3 is 15.4 Å². The van der Waals surface area contributed by atoms with Gasteiger partial charge in [-0.05, 0) is 37.9 Å². The summed E-state index contributed by atoms with van der Waals surface area (Å²) in [4.78, 5) is 11.6. The van der Waals surface area contributed by atoms with Crippen molar-refractivity contribution in [3.63, 3.8) is 0 Å². The van der Waals surface area contributed by atoms with E-state index in [1.54, 1.807) is 0 Å². The fourth-order valence-corrected chi connectivity index (χ4v) is 2.09. The molecule has 2 N–H and O–H groups in total. The molecule has 0 spiro atoms. The van der Waals surface area contributed by atoms with Gasteiger partial charge in [-0.15, -0.1) is 12.4 Å². The van der Waals surface area contributed by atoms with Crippen LogP contribution in [0.25, 0.3) is 0 Å². The molecule has 1 heterocycles. The van der Waals surface area contributed by atoms with E-state index in [0.29, 0.717) is 6.61 Å². The molecule has 1 fully saturated rings. The van der Waals surface area contributed by atoms with Crippen molar-refractivity contribution in [2.75, 3.05) is 13.1 Å². The number of amides is 1. The van der Waals surface area contributed by atoms with Crippen molar-refractivity contribution in [2.24, 2.45) is 0 Å². The van der Waals surface area contributed by atoms with Crippen LogP contribution in [0.2, 0.25) is 0 Å². The first-order valence-electron chi connectivity index (χ1n) is 6.52. The number of halogens is 1. The Morgan fingerprint density at radius 1 is 1.26 bits per heavy atom. The molecule has 0 aliphatic carbocycles. The average molecular weight is 285 g/mol. The lowest BCUT2D eigenvalue weighted by molar-refractivity contribution is 0.135. The minimum Gasteiger partial charge on any atom is -0.445 e. The van der Waals surface area contributed by atoms with Gasteiger partial charge in [-0.2, -0.15) is 0 Å². The predicted molar refractivity (Wildman–Crippen MR) is 77.5 cm³/mol. The lowest BCUT2D eigenvalue weighted by Crippen LogP contribution is -2.35. The second-order valence-corrected chi connectivity index (χ2v) is 4.58. The normalized spacial score (nSPS) is 18.8. The maximum absolute atomic E-state index is 11.6. The molecule has 5 heteroatoms. The second kappa shape index (κ2) is 8.77. The van der Waals surface area contributed by atoms with Crippen molar-refractivity contribution >= 4 is 18.5 Å². The minimum absolute atomic E-state index is 0. The number of hydrogen-bond donors (Lipinski definition) is 2. The quantitative estimate of drug-likeness (QED) is 0.896. The van der Waals surface area contributed by atoms with Crippen LogP contribution in [0.5, 0.6) is 0 Å². The molecule has 106 valence electrons. The molecular weight excluding hydrogens is 264 g/mol. The van der Waals surface area contributed by atoms with Crippen LogP contribution in [0, 0.1) is 0 Å². The van der Waals surface area contributed by atoms with Gasteiger partial charge in [0.25, 0.3) is 0 Å². The molecule has 19 heavy (non-hydrogen) atoms. The van der Waals surface area contributed by atoms with Crippen molar-refractivity contribution in [2.45, 2.75) is 31.9 Å². The Hall–Kier alpha value is -1.26. The standard InChI is InChI=1S/C14H20N2O2.ClH/c17-14(16-13-7-4-9-15-10-8-13)18-11-12-5-2-1-3-6-12;/h1-3,5-6,13,15H,4,7-11H2,(H,16,17);1H/t13-;/m0./s1. The van der Waals surface area contributed by atoms with Crippen molar-refractivity contribution in [3.05, 3.63) is 35.9 Å². The molecule has 1 atom stereocenters. The van der Waals surface area contributed by atoms with Gasteiger partial charge in [0.2, 0.25) is 0 Å². The molecule has 4 nitrogen and oxygen atoms in total. The molecule has 0 radical (unpaired) electrons. The monoisotopic (exact) mass is 284 g/mol. The number of alkyl carbamates (subject to hydrolysis) is 1. The highest BCUT2D eigenvalue weighted by atomic mass is 35.5. The number of carbonyl (C=O) groups excluding carboxylic acids is 1. The molecule has 0 bridgehead atoms. The SMILES string of the molecule is Cl.O=C(N[C@H]1CCCNCC1)OCc1ccccc1. The summed E-state index contributed by atoms with van der Waals surface area (Å²) in [5.74, 6) is 0. The lowest BCUT2D eigenvalue weighted by atomic mass is 10.1. The zero-order valence-electron chi connectivity index (χ0n) is 10.9. The zero-order chi connectivity index (χ0) is 12.6. The molecule has 0 aromatic heterocycles. The van der Waals surface area contributed by atoms with Gasteiger partial charge in [0.1, 0.15) is 6.61 Å². The van der Waals surface area contributed by atoms with E-state index in [4.69, 9.17) is 4.74 Å². The van der Waals surface area contributed by atoms with E-state index in [1.807, 2.05) is 30.3 Å². The molecular formula is C14H21ClN2O2. The summed E-state index contributed by atoms with van der Waals surface area (Å²) in [6, 6.07) is 9.96. The maximum Gasteiger partial charge on any atom is 0.407 e. The Morgan fingerprint density at radius 2 is 2.05 bits per heavy atom. The third kappa shape index (κ3) is 5.94. The van der Waals surface area contributed by atoms with Gasteiger partial charge in [0, 0.05) is 6.04 Å². The maximum atomic E-state index is 11.6. The van der Waals surface area contributed by atoms with Gasteiger partial charge in [-0.25, -0.2) is 4.79 Å². The zero-order valence-corrected chi connectivity index (χ0v) is 11.7. The van der Waals surface area contributed by atoms with E-state index >= 15 is 0 Å². The van der Waals surface area contributed by atoms with Crippen molar-refractivity contribution in [3.8, 4) is 0 Å². The number of ether oxygens (including phenoxy) is 1. The lowest BCUT2D eigenvalue weighted by Gasteiger charge is -2.15. The van der Waals surface area contributed by atoms with Crippen LogP contribution in [-0.2, 0) is 11.3 Å². The topological polar surface area (TPSA) is 50.4 Å². The Bertz CT molecular complexity index is 365. The van der Waals surface area contributed by atoms with Gasteiger partial charge in [-0.3, -0.25) is 0 Å².